The van der Waals surface area contributed by atoms with Crippen LogP contribution in [0.4, 0.5) is 14.9 Å². The molecule has 256 valence electrons. The van der Waals surface area contributed by atoms with Crippen molar-refractivity contribution in [2.24, 2.45) is 11.8 Å². The molecule has 2 saturated carbocycles. The molecule has 3 heterocycles. The molecule has 1 unspecified atom stereocenters. The lowest BCUT2D eigenvalue weighted by atomic mass is 9.57. The lowest BCUT2D eigenvalue weighted by Crippen LogP contribution is -2.67. The molecular weight excluding hydrogens is 619 g/mol. The van der Waals surface area contributed by atoms with E-state index in [0.29, 0.717) is 30.4 Å². The van der Waals surface area contributed by atoms with E-state index in [1.165, 1.54) is 19.6 Å². The van der Waals surface area contributed by atoms with E-state index in [1.54, 1.807) is 18.2 Å². The number of nitrogens with zero attached hydrogens (tertiary/aromatic N) is 3. The molecule has 0 aromatic heterocycles. The molecule has 2 aromatic carbocycles. The number of sulfone groups is 1. The highest BCUT2D eigenvalue weighted by Crippen LogP contribution is 2.51. The van der Waals surface area contributed by atoms with Crippen molar-refractivity contribution in [1.29, 1.82) is 0 Å². The van der Waals surface area contributed by atoms with Crippen LogP contribution in [0.1, 0.15) is 56.9 Å². The monoisotopic (exact) mass is 668 g/mol. The van der Waals surface area contributed by atoms with E-state index in [9.17, 15) is 22.7 Å². The van der Waals surface area contributed by atoms with Crippen molar-refractivity contribution in [2.45, 2.75) is 78.6 Å². The van der Waals surface area contributed by atoms with Crippen LogP contribution in [0.5, 0.6) is 0 Å². The number of likely N-dealkylation sites (tertiary alicyclic amines) is 2. The zero-order valence-corrected chi connectivity index (χ0v) is 28.3. The SMILES string of the molecule is COC(=O)N[C@H]1CCC[C@@H]1C(CN1CCC1)(c1cccc(F)c1)C1CCN(CC2(O)CN(c3ccc(S(=O)(=O)C4CC4)cc3)C2)CC1. The first-order chi connectivity index (χ1) is 22.6. The second kappa shape index (κ2) is 12.9. The summed E-state index contributed by atoms with van der Waals surface area (Å²) in [5.41, 5.74) is 0.820. The first-order valence-corrected chi connectivity index (χ1v) is 19.0. The van der Waals surface area contributed by atoms with Crippen molar-refractivity contribution in [3.8, 4) is 0 Å². The van der Waals surface area contributed by atoms with Gasteiger partial charge >= 0.3 is 6.09 Å². The number of carbonyl (C=O) groups is 1. The number of rotatable bonds is 11. The minimum Gasteiger partial charge on any atom is -0.453 e. The first-order valence-electron chi connectivity index (χ1n) is 17.5. The molecule has 11 heteroatoms. The van der Waals surface area contributed by atoms with Crippen LogP contribution in [0.2, 0.25) is 0 Å². The van der Waals surface area contributed by atoms with Crippen molar-refractivity contribution in [1.82, 2.24) is 15.1 Å². The van der Waals surface area contributed by atoms with Gasteiger partial charge in [-0.05, 0) is 125 Å². The summed E-state index contributed by atoms with van der Waals surface area (Å²) in [5.74, 6) is 0.235. The number of alkyl carbamates (subject to hydrolysis) is 1. The van der Waals surface area contributed by atoms with E-state index >= 15 is 0 Å². The van der Waals surface area contributed by atoms with E-state index in [2.05, 4.69) is 26.1 Å². The standard InChI is InChI=1S/C36H49FN4O5S/c1-46-34(42)38-33-8-3-7-32(33)36(25-39-17-4-18-39,27-5-2-6-28(37)21-27)26-15-19-40(20-16-26)22-35(43)23-41(24-35)29-9-11-30(12-10-29)47(44,45)31-13-14-31/h2,5-6,9-12,21,26,31-33,43H,3-4,7-8,13-20,22-25H2,1H3,(H,38,42)/t32-,33-,36?/m0/s1. The third-order valence-corrected chi connectivity index (χ3v) is 14.0. The first kappa shape index (κ1) is 32.8. The van der Waals surface area contributed by atoms with Crippen molar-refractivity contribution in [3.05, 3.63) is 59.9 Å². The smallest absolute Gasteiger partial charge is 0.407 e. The Morgan fingerprint density at radius 2 is 1.70 bits per heavy atom. The van der Waals surface area contributed by atoms with Crippen molar-refractivity contribution >= 4 is 21.6 Å². The zero-order valence-electron chi connectivity index (χ0n) is 27.4. The number of hydrogen-bond donors (Lipinski definition) is 2. The van der Waals surface area contributed by atoms with Crippen LogP contribution in [0.3, 0.4) is 0 Å². The molecule has 3 atom stereocenters. The third-order valence-electron chi connectivity index (χ3n) is 11.8. The topological polar surface area (TPSA) is 102 Å². The predicted molar refractivity (Wildman–Crippen MR) is 179 cm³/mol. The van der Waals surface area contributed by atoms with Gasteiger partial charge in [0.2, 0.25) is 0 Å². The molecule has 3 aliphatic heterocycles. The number of aliphatic hydroxyl groups is 1. The van der Waals surface area contributed by atoms with Gasteiger partial charge in [0.1, 0.15) is 11.4 Å². The van der Waals surface area contributed by atoms with Crippen LogP contribution in [-0.4, -0.2) is 106 Å². The van der Waals surface area contributed by atoms with Gasteiger partial charge in [-0.3, -0.25) is 0 Å². The van der Waals surface area contributed by atoms with Gasteiger partial charge in [-0.15, -0.1) is 0 Å². The van der Waals surface area contributed by atoms with Gasteiger partial charge in [-0.25, -0.2) is 17.6 Å². The Morgan fingerprint density at radius 1 is 0.979 bits per heavy atom. The largest absolute Gasteiger partial charge is 0.453 e. The number of amides is 1. The lowest BCUT2D eigenvalue weighted by molar-refractivity contribution is -0.0362. The molecule has 3 saturated heterocycles. The lowest BCUT2D eigenvalue weighted by Gasteiger charge is -2.55. The van der Waals surface area contributed by atoms with Crippen molar-refractivity contribution in [3.63, 3.8) is 0 Å². The van der Waals surface area contributed by atoms with Gasteiger partial charge in [0.25, 0.3) is 0 Å². The predicted octanol–water partition coefficient (Wildman–Crippen LogP) is 4.19. The Bertz CT molecular complexity index is 1530. The number of ether oxygens (including phenoxy) is 1. The van der Waals surface area contributed by atoms with Gasteiger partial charge in [0.05, 0.1) is 17.3 Å². The number of carbonyl (C=O) groups excluding carboxylic acids is 1. The summed E-state index contributed by atoms with van der Waals surface area (Å²) in [4.78, 5) is 19.8. The van der Waals surface area contributed by atoms with Gasteiger partial charge in [0.15, 0.2) is 9.84 Å². The molecular formula is C36H49FN4O5S. The van der Waals surface area contributed by atoms with Crippen LogP contribution >= 0.6 is 0 Å². The molecule has 2 N–H and O–H groups in total. The molecule has 2 aromatic rings. The summed E-state index contributed by atoms with van der Waals surface area (Å²) in [6, 6.07) is 14.3. The Kier molecular flexibility index (Phi) is 9.04. The minimum absolute atomic E-state index is 0.0328. The maximum Gasteiger partial charge on any atom is 0.407 e. The number of hydrogen-bond acceptors (Lipinski definition) is 8. The van der Waals surface area contributed by atoms with Crippen LogP contribution in [0, 0.1) is 17.7 Å². The molecule has 47 heavy (non-hydrogen) atoms. The Labute approximate surface area is 278 Å². The van der Waals surface area contributed by atoms with E-state index in [1.807, 2.05) is 18.2 Å². The van der Waals surface area contributed by atoms with Gasteiger partial charge in [0, 0.05) is 43.3 Å². The molecule has 7 rings (SSSR count). The van der Waals surface area contributed by atoms with E-state index in [-0.39, 0.29) is 28.4 Å². The molecule has 0 radical (unpaired) electrons. The summed E-state index contributed by atoms with van der Waals surface area (Å²) >= 11 is 0. The molecule has 0 bridgehead atoms. The average Bonchev–Trinajstić information content (AvgIpc) is 3.80. The highest BCUT2D eigenvalue weighted by atomic mass is 32.2. The maximum atomic E-state index is 14.9. The van der Waals surface area contributed by atoms with Crippen LogP contribution in [0.25, 0.3) is 0 Å². The van der Waals surface area contributed by atoms with E-state index in [4.69, 9.17) is 4.74 Å². The fraction of sp³-hybridized carbons (Fsp3) is 0.639. The normalized spacial score (nSPS) is 26.7. The van der Waals surface area contributed by atoms with Crippen molar-refractivity contribution < 1.29 is 27.4 Å². The summed E-state index contributed by atoms with van der Waals surface area (Å²) < 4.78 is 45.1. The molecule has 9 nitrogen and oxygen atoms in total. The van der Waals surface area contributed by atoms with E-state index < -0.39 is 21.5 Å². The molecule has 1 amide bonds. The van der Waals surface area contributed by atoms with Crippen LogP contribution in [-0.2, 0) is 20.0 Å². The van der Waals surface area contributed by atoms with E-state index in [0.717, 1.165) is 88.9 Å². The fourth-order valence-corrected chi connectivity index (χ4v) is 10.8. The molecule has 5 fully saturated rings. The molecule has 5 aliphatic rings. The van der Waals surface area contributed by atoms with Crippen LogP contribution < -0.4 is 10.2 Å². The summed E-state index contributed by atoms with van der Waals surface area (Å²) in [7, 11) is -1.81. The fourth-order valence-electron chi connectivity index (χ4n) is 9.12. The third kappa shape index (κ3) is 6.53. The number of anilines is 1. The number of benzene rings is 2. The molecule has 0 spiro atoms. The minimum atomic E-state index is -3.21. The number of piperidine rings is 1. The summed E-state index contributed by atoms with van der Waals surface area (Å²) in [5, 5.41) is 14.4. The average molecular weight is 669 g/mol. The highest BCUT2D eigenvalue weighted by Gasteiger charge is 2.53. The number of methoxy groups -OCH3 is 1. The quantitative estimate of drug-likeness (QED) is 0.368. The van der Waals surface area contributed by atoms with Gasteiger partial charge < -0.3 is 29.9 Å². The Hall–Kier alpha value is -2.73. The number of β-amino-alcohol motifs (C(OH)–C–C–N with tert-alkyl or cyclic N) is 1. The maximum absolute atomic E-state index is 14.9. The Balaban J connectivity index is 1.05. The number of nitrogens with one attached hydrogen (secondary N) is 1. The van der Waals surface area contributed by atoms with Gasteiger partial charge in [-0.1, -0.05) is 18.6 Å². The number of halogens is 1. The Morgan fingerprint density at radius 3 is 2.32 bits per heavy atom. The van der Waals surface area contributed by atoms with Gasteiger partial charge in [-0.2, -0.15) is 0 Å². The summed E-state index contributed by atoms with van der Waals surface area (Å²) in [6.45, 7) is 6.23. The molecule has 2 aliphatic carbocycles. The van der Waals surface area contributed by atoms with Crippen LogP contribution in [0.15, 0.2) is 53.4 Å². The zero-order chi connectivity index (χ0) is 32.8. The summed E-state index contributed by atoms with van der Waals surface area (Å²) in [6.07, 6.45) is 7.00. The van der Waals surface area contributed by atoms with Crippen molar-refractivity contribution in [2.75, 3.05) is 64.4 Å². The highest BCUT2D eigenvalue weighted by molar-refractivity contribution is 7.92. The second-order valence-electron chi connectivity index (χ2n) is 14.8. The second-order valence-corrected chi connectivity index (χ2v) is 17.1.